The summed E-state index contributed by atoms with van der Waals surface area (Å²) in [6.45, 7) is 3.27. The Kier molecular flexibility index (Phi) is 3.53. The molecule has 1 saturated heterocycles. The fraction of sp³-hybridized carbons (Fsp3) is 0.533. The predicted octanol–water partition coefficient (Wildman–Crippen LogP) is 3.70. The summed E-state index contributed by atoms with van der Waals surface area (Å²) >= 11 is 3.47. The molecule has 3 rings (SSSR count). The topological polar surface area (TPSA) is 24.9 Å². The molecule has 1 aliphatic heterocycles. The Labute approximate surface area is 117 Å². The first-order valence-corrected chi connectivity index (χ1v) is 7.60. The third kappa shape index (κ3) is 2.39. The van der Waals surface area contributed by atoms with E-state index in [4.69, 9.17) is 0 Å². The highest BCUT2D eigenvalue weighted by atomic mass is 79.9. The molecule has 1 fully saturated rings. The molecule has 2 aliphatic rings. The molecule has 2 nitrogen and oxygen atoms in total. The van der Waals surface area contributed by atoms with Gasteiger partial charge in [0.1, 0.15) is 4.60 Å². The van der Waals surface area contributed by atoms with Crippen molar-refractivity contribution in [3.63, 3.8) is 0 Å². The van der Waals surface area contributed by atoms with Crippen LogP contribution in [0.5, 0.6) is 0 Å². The van der Waals surface area contributed by atoms with Gasteiger partial charge in [-0.15, -0.1) is 0 Å². The molecule has 0 spiro atoms. The van der Waals surface area contributed by atoms with E-state index in [1.165, 1.54) is 48.9 Å². The van der Waals surface area contributed by atoms with Crippen molar-refractivity contribution in [1.29, 1.82) is 0 Å². The molecule has 0 aromatic carbocycles. The van der Waals surface area contributed by atoms with Gasteiger partial charge < -0.3 is 5.32 Å². The van der Waals surface area contributed by atoms with Gasteiger partial charge in [-0.2, -0.15) is 0 Å². The van der Waals surface area contributed by atoms with Gasteiger partial charge in [0, 0.05) is 12.2 Å². The van der Waals surface area contributed by atoms with E-state index in [1.54, 1.807) is 0 Å². The number of allylic oxidation sites excluding steroid dienone is 1. The summed E-state index contributed by atoms with van der Waals surface area (Å²) in [5.74, 6) is 0.854. The molecule has 3 heteroatoms. The van der Waals surface area contributed by atoms with E-state index in [1.807, 2.05) is 6.20 Å². The van der Waals surface area contributed by atoms with E-state index >= 15 is 0 Å². The van der Waals surface area contributed by atoms with E-state index in [0.29, 0.717) is 6.04 Å². The van der Waals surface area contributed by atoms with E-state index in [2.05, 4.69) is 45.3 Å². The Morgan fingerprint density at radius 1 is 1.39 bits per heavy atom. The maximum absolute atomic E-state index is 4.41. The monoisotopic (exact) mass is 306 g/mol. The predicted molar refractivity (Wildman–Crippen MR) is 78.4 cm³/mol. The van der Waals surface area contributed by atoms with Crippen molar-refractivity contribution in [2.75, 3.05) is 6.54 Å². The second-order valence-electron chi connectivity index (χ2n) is 5.44. The fourth-order valence-corrected chi connectivity index (χ4v) is 3.33. The first kappa shape index (κ1) is 12.4. The second-order valence-corrected chi connectivity index (χ2v) is 6.20. The quantitative estimate of drug-likeness (QED) is 0.800. The molecule has 2 atom stereocenters. The van der Waals surface area contributed by atoms with Crippen molar-refractivity contribution in [1.82, 2.24) is 10.3 Å². The van der Waals surface area contributed by atoms with Crippen LogP contribution in [0.25, 0.3) is 5.57 Å². The standard InChI is InChI=1S/C15H19BrN2/c1-10-7-13(9-18-15(10)16)12-5-4-11-3-2-6-17-14(11)8-12/h7-9,11,14,17H,2-6H2,1H3/t11-,14+/m1/s1. The number of nitrogens with one attached hydrogen (secondary N) is 1. The fourth-order valence-electron chi connectivity index (χ4n) is 3.11. The van der Waals surface area contributed by atoms with Gasteiger partial charge in [0.2, 0.25) is 0 Å². The Morgan fingerprint density at radius 2 is 2.28 bits per heavy atom. The van der Waals surface area contributed by atoms with E-state index in [-0.39, 0.29) is 0 Å². The molecular weight excluding hydrogens is 288 g/mol. The van der Waals surface area contributed by atoms with Gasteiger partial charge in [0.25, 0.3) is 0 Å². The van der Waals surface area contributed by atoms with Crippen molar-refractivity contribution in [3.8, 4) is 0 Å². The minimum absolute atomic E-state index is 0.589. The largest absolute Gasteiger partial charge is 0.310 e. The number of nitrogens with zero attached hydrogens (tertiary/aromatic N) is 1. The van der Waals surface area contributed by atoms with Crippen LogP contribution in [-0.2, 0) is 0 Å². The molecule has 0 bridgehead atoms. The number of aryl methyl sites for hydroxylation is 1. The summed E-state index contributed by atoms with van der Waals surface area (Å²) in [6, 6.07) is 2.83. The molecular formula is C15H19BrN2. The van der Waals surface area contributed by atoms with Gasteiger partial charge >= 0.3 is 0 Å². The Morgan fingerprint density at radius 3 is 3.11 bits per heavy atom. The summed E-state index contributed by atoms with van der Waals surface area (Å²) in [5, 5.41) is 3.64. The van der Waals surface area contributed by atoms with Crippen LogP contribution < -0.4 is 5.32 Å². The van der Waals surface area contributed by atoms with Gasteiger partial charge in [0.05, 0.1) is 0 Å². The summed E-state index contributed by atoms with van der Waals surface area (Å²) in [7, 11) is 0. The first-order valence-electron chi connectivity index (χ1n) is 6.80. The number of rotatable bonds is 1. The first-order chi connectivity index (χ1) is 8.74. The average molecular weight is 307 g/mol. The van der Waals surface area contributed by atoms with Crippen molar-refractivity contribution in [3.05, 3.63) is 34.1 Å². The van der Waals surface area contributed by atoms with Gasteiger partial charge in [-0.05, 0) is 83.8 Å². The summed E-state index contributed by atoms with van der Waals surface area (Å²) in [4.78, 5) is 4.41. The molecule has 18 heavy (non-hydrogen) atoms. The van der Waals surface area contributed by atoms with Crippen molar-refractivity contribution >= 4 is 21.5 Å². The molecule has 1 aromatic rings. The van der Waals surface area contributed by atoms with E-state index in [9.17, 15) is 0 Å². The normalized spacial score (nSPS) is 27.6. The second kappa shape index (κ2) is 5.14. The van der Waals surface area contributed by atoms with Gasteiger partial charge in [-0.1, -0.05) is 6.08 Å². The van der Waals surface area contributed by atoms with Crippen LogP contribution in [0.4, 0.5) is 0 Å². The van der Waals surface area contributed by atoms with Crippen LogP contribution in [0.2, 0.25) is 0 Å². The Hall–Kier alpha value is -0.670. The summed E-state index contributed by atoms with van der Waals surface area (Å²) in [6.07, 6.45) is 9.68. The molecule has 0 radical (unpaired) electrons. The van der Waals surface area contributed by atoms with E-state index < -0.39 is 0 Å². The number of hydrogen-bond donors (Lipinski definition) is 1. The van der Waals surface area contributed by atoms with Crippen molar-refractivity contribution in [2.45, 2.75) is 38.6 Å². The van der Waals surface area contributed by atoms with Crippen LogP contribution in [0.15, 0.2) is 22.9 Å². The minimum Gasteiger partial charge on any atom is -0.310 e. The Bertz CT molecular complexity index is 481. The van der Waals surface area contributed by atoms with Crippen molar-refractivity contribution in [2.24, 2.45) is 5.92 Å². The lowest BCUT2D eigenvalue weighted by Gasteiger charge is -2.35. The summed E-state index contributed by atoms with van der Waals surface area (Å²) in [5.41, 5.74) is 3.97. The van der Waals surface area contributed by atoms with Crippen molar-refractivity contribution < 1.29 is 0 Å². The number of halogens is 1. The van der Waals surface area contributed by atoms with Crippen LogP contribution in [0.3, 0.4) is 0 Å². The highest BCUT2D eigenvalue weighted by molar-refractivity contribution is 9.10. The zero-order valence-corrected chi connectivity index (χ0v) is 12.3. The van der Waals surface area contributed by atoms with Gasteiger partial charge in [-0.3, -0.25) is 0 Å². The van der Waals surface area contributed by atoms with Gasteiger partial charge in [-0.25, -0.2) is 4.98 Å². The number of fused-ring (bicyclic) bond motifs is 1. The van der Waals surface area contributed by atoms with E-state index in [0.717, 1.165) is 10.5 Å². The highest BCUT2D eigenvalue weighted by Gasteiger charge is 2.27. The number of aromatic nitrogens is 1. The number of hydrogen-bond acceptors (Lipinski definition) is 2. The third-order valence-electron chi connectivity index (χ3n) is 4.19. The lowest BCUT2D eigenvalue weighted by Crippen LogP contribution is -2.41. The van der Waals surface area contributed by atoms with Crippen LogP contribution in [-0.4, -0.2) is 17.6 Å². The SMILES string of the molecule is Cc1cc(C2=C[C@@H]3NCCC[C@@H]3CC2)cnc1Br. The highest BCUT2D eigenvalue weighted by Crippen LogP contribution is 2.34. The lowest BCUT2D eigenvalue weighted by molar-refractivity contribution is 0.298. The minimum atomic E-state index is 0.589. The summed E-state index contributed by atoms with van der Waals surface area (Å²) < 4.78 is 0.955. The molecule has 1 aromatic heterocycles. The number of pyridine rings is 1. The maximum atomic E-state index is 4.41. The van der Waals surface area contributed by atoms with Crippen LogP contribution in [0.1, 0.15) is 36.8 Å². The molecule has 0 saturated carbocycles. The maximum Gasteiger partial charge on any atom is 0.109 e. The van der Waals surface area contributed by atoms with Crippen LogP contribution >= 0.6 is 15.9 Å². The Balaban J connectivity index is 1.87. The van der Waals surface area contributed by atoms with Gasteiger partial charge in [0.15, 0.2) is 0 Å². The lowest BCUT2D eigenvalue weighted by atomic mass is 9.79. The smallest absolute Gasteiger partial charge is 0.109 e. The number of piperidine rings is 1. The molecule has 0 unspecified atom stereocenters. The molecule has 96 valence electrons. The zero-order chi connectivity index (χ0) is 12.5. The third-order valence-corrected chi connectivity index (χ3v) is 5.02. The van der Waals surface area contributed by atoms with Crippen LogP contribution in [0, 0.1) is 12.8 Å². The molecule has 1 N–H and O–H groups in total. The molecule has 1 aliphatic carbocycles. The zero-order valence-electron chi connectivity index (χ0n) is 10.7. The average Bonchev–Trinajstić information content (AvgIpc) is 2.41. The molecule has 0 amide bonds. The molecule has 2 heterocycles.